The van der Waals surface area contributed by atoms with Gasteiger partial charge in [-0.25, -0.2) is 0 Å². The number of aliphatic imine (C=N–C) groups is 1. The molecule has 0 radical (unpaired) electrons. The summed E-state index contributed by atoms with van der Waals surface area (Å²) in [6, 6.07) is 27.3. The van der Waals surface area contributed by atoms with Crippen molar-refractivity contribution >= 4 is 23.2 Å². The quantitative estimate of drug-likeness (QED) is 0.576. The first-order valence-electron chi connectivity index (χ1n) is 8.36. The van der Waals surface area contributed by atoms with Crippen LogP contribution in [-0.2, 0) is 0 Å². The van der Waals surface area contributed by atoms with Crippen LogP contribution in [0.3, 0.4) is 0 Å². The van der Waals surface area contributed by atoms with Gasteiger partial charge in [-0.15, -0.1) is 11.8 Å². The summed E-state index contributed by atoms with van der Waals surface area (Å²) < 4.78 is 5.28. The van der Waals surface area contributed by atoms with Crippen LogP contribution in [0.5, 0.6) is 5.75 Å². The third-order valence-electron chi connectivity index (χ3n) is 4.36. The molecule has 3 heteroatoms. The van der Waals surface area contributed by atoms with Gasteiger partial charge in [0, 0.05) is 22.3 Å². The lowest BCUT2D eigenvalue weighted by Crippen LogP contribution is -2.05. The Morgan fingerprint density at radius 3 is 2.36 bits per heavy atom. The lowest BCUT2D eigenvalue weighted by atomic mass is 10.0. The Bertz CT molecular complexity index is 887. The molecule has 1 heterocycles. The van der Waals surface area contributed by atoms with E-state index in [2.05, 4.69) is 66.7 Å². The third-order valence-corrected chi connectivity index (χ3v) is 5.69. The predicted molar refractivity (Wildman–Crippen MR) is 105 cm³/mol. The summed E-state index contributed by atoms with van der Waals surface area (Å²) >= 11 is 1.90. The number of fused-ring (bicyclic) bond motifs is 1. The standard InChI is InChI=1S/C22H19NOS/c1-24-18-13-11-16(12-14-18)20-15-22(17-7-3-2-4-8-17)25-21-10-6-5-9-19(21)23-20/h2-14,22H,15H2,1H3/t22-/m1/s1. The fourth-order valence-electron chi connectivity index (χ4n) is 3.03. The van der Waals surface area contributed by atoms with Crippen molar-refractivity contribution in [2.24, 2.45) is 4.99 Å². The molecular formula is C22H19NOS. The fourth-order valence-corrected chi connectivity index (χ4v) is 4.26. The van der Waals surface area contributed by atoms with Crippen LogP contribution in [0.1, 0.15) is 22.8 Å². The Morgan fingerprint density at radius 2 is 1.60 bits per heavy atom. The lowest BCUT2D eigenvalue weighted by molar-refractivity contribution is 0.415. The first-order valence-corrected chi connectivity index (χ1v) is 9.24. The Labute approximate surface area is 152 Å². The molecule has 25 heavy (non-hydrogen) atoms. The van der Waals surface area contributed by atoms with Crippen molar-refractivity contribution in [1.29, 1.82) is 0 Å². The molecule has 0 fully saturated rings. The molecule has 0 saturated heterocycles. The van der Waals surface area contributed by atoms with Gasteiger partial charge in [-0.05, 0) is 47.5 Å². The second-order valence-electron chi connectivity index (χ2n) is 5.98. The number of ether oxygens (including phenoxy) is 1. The van der Waals surface area contributed by atoms with Gasteiger partial charge < -0.3 is 4.74 Å². The number of hydrogen-bond acceptors (Lipinski definition) is 3. The van der Waals surface area contributed by atoms with Crippen molar-refractivity contribution in [3.8, 4) is 5.75 Å². The molecule has 124 valence electrons. The van der Waals surface area contributed by atoms with Gasteiger partial charge in [0.1, 0.15) is 5.75 Å². The molecule has 4 rings (SSSR count). The molecule has 0 spiro atoms. The topological polar surface area (TPSA) is 21.6 Å². The van der Waals surface area contributed by atoms with Crippen LogP contribution in [0.25, 0.3) is 0 Å². The summed E-state index contributed by atoms with van der Waals surface area (Å²) in [6.45, 7) is 0. The second-order valence-corrected chi connectivity index (χ2v) is 7.22. The van der Waals surface area contributed by atoms with Crippen LogP contribution >= 0.6 is 11.8 Å². The van der Waals surface area contributed by atoms with Gasteiger partial charge in [0.05, 0.1) is 12.8 Å². The molecule has 1 aliphatic heterocycles. The molecule has 1 atom stereocenters. The van der Waals surface area contributed by atoms with E-state index in [0.717, 1.165) is 29.1 Å². The zero-order valence-electron chi connectivity index (χ0n) is 14.1. The second kappa shape index (κ2) is 7.16. The van der Waals surface area contributed by atoms with E-state index >= 15 is 0 Å². The summed E-state index contributed by atoms with van der Waals surface area (Å²) in [4.78, 5) is 6.23. The Balaban J connectivity index is 1.77. The van der Waals surface area contributed by atoms with E-state index in [4.69, 9.17) is 9.73 Å². The highest BCUT2D eigenvalue weighted by Crippen LogP contribution is 2.45. The third kappa shape index (κ3) is 3.47. The maximum Gasteiger partial charge on any atom is 0.118 e. The van der Waals surface area contributed by atoms with E-state index in [-0.39, 0.29) is 0 Å². The molecule has 0 unspecified atom stereocenters. The zero-order valence-corrected chi connectivity index (χ0v) is 14.9. The maximum atomic E-state index is 5.28. The minimum Gasteiger partial charge on any atom is -0.497 e. The molecule has 2 nitrogen and oxygen atoms in total. The Kier molecular flexibility index (Phi) is 4.57. The SMILES string of the molecule is COc1ccc(C2=Nc3ccccc3S[C@@H](c3ccccc3)C2)cc1. The summed E-state index contributed by atoms with van der Waals surface area (Å²) in [5.74, 6) is 0.868. The van der Waals surface area contributed by atoms with Crippen LogP contribution in [-0.4, -0.2) is 12.8 Å². The van der Waals surface area contributed by atoms with E-state index < -0.39 is 0 Å². The van der Waals surface area contributed by atoms with Crippen LogP contribution in [0, 0.1) is 0 Å². The van der Waals surface area contributed by atoms with Gasteiger partial charge in [-0.2, -0.15) is 0 Å². The lowest BCUT2D eigenvalue weighted by Gasteiger charge is -2.16. The van der Waals surface area contributed by atoms with E-state index in [1.807, 2.05) is 23.9 Å². The number of benzene rings is 3. The van der Waals surface area contributed by atoms with Crippen molar-refractivity contribution in [3.63, 3.8) is 0 Å². The van der Waals surface area contributed by atoms with Gasteiger partial charge >= 0.3 is 0 Å². The first kappa shape index (κ1) is 16.0. The smallest absolute Gasteiger partial charge is 0.118 e. The number of nitrogens with zero attached hydrogens (tertiary/aromatic N) is 1. The average molecular weight is 345 g/mol. The molecule has 0 saturated carbocycles. The van der Waals surface area contributed by atoms with Gasteiger partial charge in [-0.3, -0.25) is 4.99 Å². The van der Waals surface area contributed by atoms with Gasteiger partial charge in [-0.1, -0.05) is 42.5 Å². The maximum absolute atomic E-state index is 5.28. The molecule has 0 amide bonds. The molecule has 3 aromatic rings. The molecule has 1 aliphatic rings. The first-order chi connectivity index (χ1) is 12.3. The van der Waals surface area contributed by atoms with Crippen molar-refractivity contribution in [2.45, 2.75) is 16.6 Å². The van der Waals surface area contributed by atoms with Gasteiger partial charge in [0.15, 0.2) is 0 Å². The molecular weight excluding hydrogens is 326 g/mol. The van der Waals surface area contributed by atoms with Crippen LogP contribution in [0.4, 0.5) is 5.69 Å². The summed E-state index contributed by atoms with van der Waals surface area (Å²) in [6.07, 6.45) is 0.899. The molecule has 0 bridgehead atoms. The number of rotatable bonds is 3. The highest BCUT2D eigenvalue weighted by atomic mass is 32.2. The van der Waals surface area contributed by atoms with Gasteiger partial charge in [0.2, 0.25) is 0 Å². The number of thioether (sulfide) groups is 1. The average Bonchev–Trinajstić information content (AvgIpc) is 2.88. The largest absolute Gasteiger partial charge is 0.497 e. The molecule has 3 aromatic carbocycles. The predicted octanol–water partition coefficient (Wildman–Crippen LogP) is 6.05. The molecule has 0 N–H and O–H groups in total. The minimum absolute atomic E-state index is 0.353. The normalized spacial score (nSPS) is 16.5. The number of hydrogen-bond donors (Lipinski definition) is 0. The Morgan fingerprint density at radius 1 is 0.880 bits per heavy atom. The van der Waals surface area contributed by atoms with Crippen molar-refractivity contribution < 1.29 is 4.74 Å². The molecule has 0 aliphatic carbocycles. The van der Waals surface area contributed by atoms with Crippen molar-refractivity contribution in [2.75, 3.05) is 7.11 Å². The molecule has 0 aromatic heterocycles. The highest BCUT2D eigenvalue weighted by molar-refractivity contribution is 7.99. The minimum atomic E-state index is 0.353. The zero-order chi connectivity index (χ0) is 17.1. The van der Waals surface area contributed by atoms with Crippen LogP contribution in [0.15, 0.2) is 88.8 Å². The van der Waals surface area contributed by atoms with Crippen molar-refractivity contribution in [1.82, 2.24) is 0 Å². The number of para-hydroxylation sites is 1. The van der Waals surface area contributed by atoms with Gasteiger partial charge in [0.25, 0.3) is 0 Å². The monoisotopic (exact) mass is 345 g/mol. The highest BCUT2D eigenvalue weighted by Gasteiger charge is 2.22. The summed E-state index contributed by atoms with van der Waals surface area (Å²) in [7, 11) is 1.69. The Hall–Kier alpha value is -2.52. The van der Waals surface area contributed by atoms with E-state index in [0.29, 0.717) is 5.25 Å². The van der Waals surface area contributed by atoms with Crippen molar-refractivity contribution in [3.05, 3.63) is 90.0 Å². The van der Waals surface area contributed by atoms with Crippen LogP contribution in [0.2, 0.25) is 0 Å². The van der Waals surface area contributed by atoms with E-state index in [9.17, 15) is 0 Å². The summed E-state index contributed by atoms with van der Waals surface area (Å²) in [5.41, 5.74) is 4.66. The fraction of sp³-hybridized carbons (Fsp3) is 0.136. The number of methoxy groups -OCH3 is 1. The summed E-state index contributed by atoms with van der Waals surface area (Å²) in [5, 5.41) is 0.353. The van der Waals surface area contributed by atoms with Crippen LogP contribution < -0.4 is 4.74 Å². The van der Waals surface area contributed by atoms with E-state index in [1.54, 1.807) is 7.11 Å². The van der Waals surface area contributed by atoms with E-state index in [1.165, 1.54) is 10.5 Å².